The third kappa shape index (κ3) is 6.22. The number of amides is 1. The average Bonchev–Trinajstić information content (AvgIpc) is 3.24. The monoisotopic (exact) mass is 448 g/mol. The van der Waals surface area contributed by atoms with Crippen LogP contribution in [0.15, 0.2) is 41.4 Å². The summed E-state index contributed by atoms with van der Waals surface area (Å²) in [5.41, 5.74) is 1.93. The molecule has 0 spiro atoms. The number of fused-ring (bicyclic) bond motifs is 1. The molecule has 0 saturated carbocycles. The standard InChI is InChI=1S/C22H26F2N4O4/c1-3-7-26-20(29)15-6-4-5-14(8-15)11-27-22(25-2)28-12-16-9-18-19(31-13-30-18)10-17(16)32-21(23)24/h4-6,8-10,21H,3,7,11-13H2,1-2H3,(H,26,29)(H2,25,27,28). The van der Waals surface area contributed by atoms with Crippen LogP contribution in [-0.4, -0.2) is 38.9 Å². The molecule has 2 aromatic rings. The molecule has 3 rings (SSSR count). The van der Waals surface area contributed by atoms with E-state index in [9.17, 15) is 13.6 Å². The predicted octanol–water partition coefficient (Wildman–Crippen LogP) is 3.02. The van der Waals surface area contributed by atoms with Gasteiger partial charge in [0, 0.05) is 43.9 Å². The Morgan fingerprint density at radius 1 is 1.12 bits per heavy atom. The Bertz CT molecular complexity index is 969. The zero-order chi connectivity index (χ0) is 22.9. The average molecular weight is 448 g/mol. The number of nitrogens with zero attached hydrogens (tertiary/aromatic N) is 1. The summed E-state index contributed by atoms with van der Waals surface area (Å²) in [6.07, 6.45) is 0.864. The second-order valence-electron chi connectivity index (χ2n) is 6.93. The normalized spacial score (nSPS) is 12.6. The first-order chi connectivity index (χ1) is 15.5. The highest BCUT2D eigenvalue weighted by Gasteiger charge is 2.20. The van der Waals surface area contributed by atoms with E-state index >= 15 is 0 Å². The maximum Gasteiger partial charge on any atom is 0.387 e. The minimum absolute atomic E-state index is 0.00186. The number of carbonyl (C=O) groups excluding carboxylic acids is 1. The van der Waals surface area contributed by atoms with E-state index in [1.54, 1.807) is 25.2 Å². The van der Waals surface area contributed by atoms with Gasteiger partial charge in [0.1, 0.15) is 5.75 Å². The Hall–Kier alpha value is -3.56. The van der Waals surface area contributed by atoms with Crippen LogP contribution in [0.25, 0.3) is 0 Å². The molecule has 8 nitrogen and oxygen atoms in total. The Morgan fingerprint density at radius 2 is 1.88 bits per heavy atom. The number of rotatable bonds is 9. The summed E-state index contributed by atoms with van der Waals surface area (Å²) in [6, 6.07) is 10.2. The van der Waals surface area contributed by atoms with Crippen molar-refractivity contribution in [3.63, 3.8) is 0 Å². The zero-order valence-corrected chi connectivity index (χ0v) is 17.9. The number of ether oxygens (including phenoxy) is 3. The number of guanidine groups is 1. The van der Waals surface area contributed by atoms with Gasteiger partial charge in [-0.1, -0.05) is 19.1 Å². The first kappa shape index (κ1) is 23.1. The number of hydrogen-bond donors (Lipinski definition) is 3. The lowest BCUT2D eigenvalue weighted by Gasteiger charge is -2.15. The summed E-state index contributed by atoms with van der Waals surface area (Å²) in [7, 11) is 1.60. The lowest BCUT2D eigenvalue weighted by atomic mass is 10.1. The van der Waals surface area contributed by atoms with E-state index in [0.29, 0.717) is 41.7 Å². The maximum atomic E-state index is 12.8. The number of halogens is 2. The van der Waals surface area contributed by atoms with E-state index < -0.39 is 6.61 Å². The van der Waals surface area contributed by atoms with Crippen LogP contribution in [-0.2, 0) is 13.1 Å². The summed E-state index contributed by atoms with van der Waals surface area (Å²) in [5, 5.41) is 9.05. The van der Waals surface area contributed by atoms with E-state index in [0.717, 1.165) is 12.0 Å². The predicted molar refractivity (Wildman–Crippen MR) is 115 cm³/mol. The Labute approximate surface area is 185 Å². The largest absolute Gasteiger partial charge is 0.454 e. The van der Waals surface area contributed by atoms with Crippen LogP contribution in [0.4, 0.5) is 8.78 Å². The lowest BCUT2D eigenvalue weighted by molar-refractivity contribution is -0.0505. The molecule has 2 aromatic carbocycles. The van der Waals surface area contributed by atoms with Crippen molar-refractivity contribution in [2.24, 2.45) is 4.99 Å². The molecule has 1 aliphatic heterocycles. The van der Waals surface area contributed by atoms with Crippen LogP contribution in [0.2, 0.25) is 0 Å². The van der Waals surface area contributed by atoms with Gasteiger partial charge in [-0.05, 0) is 30.2 Å². The molecule has 0 aliphatic carbocycles. The summed E-state index contributed by atoms with van der Waals surface area (Å²) in [5.74, 6) is 1.15. The van der Waals surface area contributed by atoms with Crippen molar-refractivity contribution in [1.29, 1.82) is 0 Å². The minimum atomic E-state index is -2.96. The first-order valence-electron chi connectivity index (χ1n) is 10.2. The van der Waals surface area contributed by atoms with Gasteiger partial charge in [-0.2, -0.15) is 8.78 Å². The molecule has 0 saturated heterocycles. The smallest absolute Gasteiger partial charge is 0.387 e. The van der Waals surface area contributed by atoms with Crippen molar-refractivity contribution in [1.82, 2.24) is 16.0 Å². The van der Waals surface area contributed by atoms with Gasteiger partial charge >= 0.3 is 6.61 Å². The van der Waals surface area contributed by atoms with Crippen LogP contribution in [0.1, 0.15) is 34.8 Å². The topological polar surface area (TPSA) is 93.2 Å². The van der Waals surface area contributed by atoms with Crippen LogP contribution in [0, 0.1) is 0 Å². The molecular weight excluding hydrogens is 422 g/mol. The third-order valence-electron chi connectivity index (χ3n) is 4.63. The molecule has 32 heavy (non-hydrogen) atoms. The summed E-state index contributed by atoms with van der Waals surface area (Å²) in [6.45, 7) is 0.251. The van der Waals surface area contributed by atoms with Gasteiger partial charge in [0.25, 0.3) is 5.91 Å². The van der Waals surface area contributed by atoms with Gasteiger partial charge in [-0.25, -0.2) is 0 Å². The van der Waals surface area contributed by atoms with Crippen LogP contribution >= 0.6 is 0 Å². The second-order valence-corrected chi connectivity index (χ2v) is 6.93. The summed E-state index contributed by atoms with van der Waals surface area (Å²) < 4.78 is 40.8. The molecule has 0 radical (unpaired) electrons. The van der Waals surface area contributed by atoms with Crippen LogP contribution < -0.4 is 30.2 Å². The molecule has 10 heteroatoms. The van der Waals surface area contributed by atoms with Gasteiger partial charge in [-0.3, -0.25) is 9.79 Å². The fourth-order valence-corrected chi connectivity index (χ4v) is 3.06. The molecule has 1 amide bonds. The van der Waals surface area contributed by atoms with Crippen molar-refractivity contribution in [3.8, 4) is 17.2 Å². The quantitative estimate of drug-likeness (QED) is 0.403. The first-order valence-corrected chi connectivity index (χ1v) is 10.2. The lowest BCUT2D eigenvalue weighted by Crippen LogP contribution is -2.36. The fraction of sp³-hybridized carbons (Fsp3) is 0.364. The maximum absolute atomic E-state index is 12.8. The molecule has 3 N–H and O–H groups in total. The second kappa shape index (κ2) is 11.2. The third-order valence-corrected chi connectivity index (χ3v) is 4.63. The van der Waals surface area contributed by atoms with E-state index in [1.165, 1.54) is 6.07 Å². The number of aliphatic imine (C=N–C) groups is 1. The molecule has 0 aromatic heterocycles. The highest BCUT2D eigenvalue weighted by Crippen LogP contribution is 2.38. The van der Waals surface area contributed by atoms with Crippen LogP contribution in [0.5, 0.6) is 17.2 Å². The molecule has 172 valence electrons. The van der Waals surface area contributed by atoms with Crippen molar-refractivity contribution in [3.05, 3.63) is 53.1 Å². The SMILES string of the molecule is CCCNC(=O)c1cccc(CNC(=NC)NCc2cc3c(cc2OC(F)F)OCO3)c1. The molecule has 0 atom stereocenters. The molecule has 0 bridgehead atoms. The number of benzene rings is 2. The number of nitrogens with one attached hydrogen (secondary N) is 3. The van der Waals surface area contributed by atoms with Crippen molar-refractivity contribution in [2.75, 3.05) is 20.4 Å². The van der Waals surface area contributed by atoms with E-state index in [1.807, 2.05) is 19.1 Å². The molecule has 0 fully saturated rings. The Kier molecular flexibility index (Phi) is 8.07. The number of carbonyl (C=O) groups is 1. The Morgan fingerprint density at radius 3 is 2.59 bits per heavy atom. The molecule has 0 unspecified atom stereocenters. The van der Waals surface area contributed by atoms with Gasteiger partial charge in [-0.15, -0.1) is 0 Å². The van der Waals surface area contributed by atoms with Crippen molar-refractivity contribution < 1.29 is 27.8 Å². The van der Waals surface area contributed by atoms with Gasteiger partial charge < -0.3 is 30.2 Å². The van der Waals surface area contributed by atoms with E-state index in [4.69, 9.17) is 9.47 Å². The van der Waals surface area contributed by atoms with Gasteiger partial charge in [0.15, 0.2) is 17.5 Å². The van der Waals surface area contributed by atoms with Gasteiger partial charge in [0.2, 0.25) is 6.79 Å². The number of alkyl halides is 2. The van der Waals surface area contributed by atoms with Crippen LogP contribution in [0.3, 0.4) is 0 Å². The molecule has 1 aliphatic rings. The summed E-state index contributed by atoms with van der Waals surface area (Å²) >= 11 is 0. The fourth-order valence-electron chi connectivity index (χ4n) is 3.06. The number of hydrogen-bond acceptors (Lipinski definition) is 5. The van der Waals surface area contributed by atoms with E-state index in [-0.39, 0.29) is 25.0 Å². The highest BCUT2D eigenvalue weighted by molar-refractivity contribution is 5.94. The van der Waals surface area contributed by atoms with E-state index in [2.05, 4.69) is 25.7 Å². The van der Waals surface area contributed by atoms with Crippen molar-refractivity contribution >= 4 is 11.9 Å². The Balaban J connectivity index is 1.61. The van der Waals surface area contributed by atoms with Gasteiger partial charge in [0.05, 0.1) is 0 Å². The summed E-state index contributed by atoms with van der Waals surface area (Å²) in [4.78, 5) is 16.3. The van der Waals surface area contributed by atoms with Crippen molar-refractivity contribution in [2.45, 2.75) is 33.0 Å². The zero-order valence-electron chi connectivity index (χ0n) is 17.9. The minimum Gasteiger partial charge on any atom is -0.454 e. The molecular formula is C22H26F2N4O4. The molecule has 1 heterocycles. The highest BCUT2D eigenvalue weighted by atomic mass is 19.3.